The third-order valence-corrected chi connectivity index (χ3v) is 7.21. The highest BCUT2D eigenvalue weighted by Crippen LogP contribution is 2.36. The Morgan fingerprint density at radius 3 is 2.71 bits per heavy atom. The first-order valence-electron chi connectivity index (χ1n) is 12.1. The number of aryl methyl sites for hydroxylation is 1. The van der Waals surface area contributed by atoms with Crippen molar-refractivity contribution in [3.63, 3.8) is 0 Å². The van der Waals surface area contributed by atoms with Crippen molar-refractivity contribution in [1.82, 2.24) is 15.2 Å². The molecular formula is C26H29FN4O4. The van der Waals surface area contributed by atoms with Gasteiger partial charge in [0.25, 0.3) is 5.91 Å². The fourth-order valence-corrected chi connectivity index (χ4v) is 5.38. The molecule has 1 aromatic carbocycles. The lowest BCUT2D eigenvalue weighted by Crippen LogP contribution is -2.45. The van der Waals surface area contributed by atoms with Gasteiger partial charge in [-0.3, -0.25) is 9.59 Å². The number of carbonyl (C=O) groups excluding carboxylic acids is 3. The number of aromatic nitrogens is 1. The van der Waals surface area contributed by atoms with Gasteiger partial charge in [0.05, 0.1) is 17.2 Å². The molecule has 3 aliphatic rings. The molecule has 184 valence electrons. The van der Waals surface area contributed by atoms with Gasteiger partial charge in [-0.15, -0.1) is 0 Å². The molecular weight excluding hydrogens is 451 g/mol. The number of nitrogens with one attached hydrogen (secondary N) is 3. The number of anilines is 1. The zero-order valence-electron chi connectivity index (χ0n) is 19.9. The van der Waals surface area contributed by atoms with E-state index >= 15 is 0 Å². The Bertz CT molecular complexity index is 1230. The molecule has 2 aliphatic heterocycles. The number of nitrogens with zero attached hydrogens (tertiary/aromatic N) is 1. The van der Waals surface area contributed by atoms with Crippen LogP contribution in [0.4, 0.5) is 14.9 Å². The minimum Gasteiger partial charge on any atom is -0.408 e. The Morgan fingerprint density at radius 1 is 1.17 bits per heavy atom. The summed E-state index contributed by atoms with van der Waals surface area (Å²) < 4.78 is 19.4. The lowest BCUT2D eigenvalue weighted by Gasteiger charge is -2.25. The van der Waals surface area contributed by atoms with E-state index in [1.807, 2.05) is 4.90 Å². The second kappa shape index (κ2) is 9.20. The van der Waals surface area contributed by atoms with E-state index in [0.717, 1.165) is 45.2 Å². The van der Waals surface area contributed by atoms with E-state index in [0.29, 0.717) is 39.5 Å². The maximum atomic E-state index is 13.8. The second-order valence-electron chi connectivity index (χ2n) is 9.53. The van der Waals surface area contributed by atoms with Crippen molar-refractivity contribution in [2.24, 2.45) is 5.92 Å². The Balaban J connectivity index is 1.31. The van der Waals surface area contributed by atoms with Crippen LogP contribution in [-0.4, -0.2) is 46.9 Å². The fourth-order valence-electron chi connectivity index (χ4n) is 5.38. The predicted molar refractivity (Wildman–Crippen MR) is 129 cm³/mol. The minimum atomic E-state index is -0.605. The molecule has 3 heterocycles. The van der Waals surface area contributed by atoms with Crippen molar-refractivity contribution in [2.75, 3.05) is 18.4 Å². The molecule has 0 spiro atoms. The third kappa shape index (κ3) is 4.42. The number of likely N-dealkylation sites (tertiary alicyclic amines) is 1. The van der Waals surface area contributed by atoms with E-state index in [-0.39, 0.29) is 23.8 Å². The summed E-state index contributed by atoms with van der Waals surface area (Å²) in [6.45, 7) is 5.14. The van der Waals surface area contributed by atoms with E-state index < -0.39 is 11.9 Å². The molecule has 0 radical (unpaired) electrons. The highest BCUT2D eigenvalue weighted by atomic mass is 19.1. The Hall–Kier alpha value is -3.62. The van der Waals surface area contributed by atoms with Crippen LogP contribution in [0, 0.1) is 25.6 Å². The first-order chi connectivity index (χ1) is 16.8. The van der Waals surface area contributed by atoms with Crippen molar-refractivity contribution in [3.8, 4) is 5.75 Å². The van der Waals surface area contributed by atoms with Gasteiger partial charge >= 0.3 is 6.09 Å². The summed E-state index contributed by atoms with van der Waals surface area (Å²) in [5.74, 6) is -0.477. The normalized spacial score (nSPS) is 22.4. The monoisotopic (exact) mass is 480 g/mol. The molecule has 8 nitrogen and oxygen atoms in total. The van der Waals surface area contributed by atoms with Crippen molar-refractivity contribution in [3.05, 3.63) is 46.5 Å². The van der Waals surface area contributed by atoms with Gasteiger partial charge in [0.1, 0.15) is 5.82 Å². The lowest BCUT2D eigenvalue weighted by atomic mass is 10.0. The van der Waals surface area contributed by atoms with E-state index in [1.54, 1.807) is 19.9 Å². The molecule has 1 saturated carbocycles. The largest absolute Gasteiger partial charge is 0.412 e. The zero-order valence-corrected chi connectivity index (χ0v) is 19.9. The molecule has 1 aromatic heterocycles. The summed E-state index contributed by atoms with van der Waals surface area (Å²) in [4.78, 5) is 43.2. The van der Waals surface area contributed by atoms with E-state index in [1.165, 1.54) is 18.2 Å². The zero-order chi connectivity index (χ0) is 24.7. The van der Waals surface area contributed by atoms with Crippen molar-refractivity contribution in [1.29, 1.82) is 0 Å². The average molecular weight is 481 g/mol. The van der Waals surface area contributed by atoms with E-state index in [2.05, 4.69) is 15.6 Å². The van der Waals surface area contributed by atoms with Crippen LogP contribution in [0.1, 0.15) is 54.6 Å². The summed E-state index contributed by atoms with van der Waals surface area (Å²) in [6, 6.07) is 3.89. The number of hydrogen-bond donors (Lipinski definition) is 3. The van der Waals surface area contributed by atoms with Gasteiger partial charge in [0.2, 0.25) is 5.91 Å². The topological polar surface area (TPSA) is 104 Å². The SMILES string of the molecule is Cc1[nH]c(/C=C2\C(=O)Nc3ccc(F)cc32)c(C)c1OC(=O)N[C@@H]1CCC[C@@H]1C(=O)N1CCCC1. The molecule has 1 saturated heterocycles. The molecule has 3 amide bonds. The summed E-state index contributed by atoms with van der Waals surface area (Å²) >= 11 is 0. The number of ether oxygens (including phenoxy) is 1. The summed E-state index contributed by atoms with van der Waals surface area (Å²) in [5.41, 5.74) is 3.23. The molecule has 2 atom stereocenters. The highest BCUT2D eigenvalue weighted by Gasteiger charge is 2.37. The number of carbonyl (C=O) groups is 3. The van der Waals surface area contributed by atoms with Gasteiger partial charge in [-0.05, 0) is 63.8 Å². The van der Waals surface area contributed by atoms with Gasteiger partial charge in [-0.1, -0.05) is 6.42 Å². The number of benzene rings is 1. The van der Waals surface area contributed by atoms with Gasteiger partial charge in [0.15, 0.2) is 5.75 Å². The molecule has 1 aliphatic carbocycles. The molecule has 9 heteroatoms. The number of hydrogen-bond acceptors (Lipinski definition) is 4. The molecule has 5 rings (SSSR count). The van der Waals surface area contributed by atoms with Crippen molar-refractivity contribution < 1.29 is 23.5 Å². The van der Waals surface area contributed by atoms with E-state index in [4.69, 9.17) is 4.74 Å². The van der Waals surface area contributed by atoms with Gasteiger partial charge < -0.3 is 25.3 Å². The van der Waals surface area contributed by atoms with Gasteiger partial charge in [-0.25, -0.2) is 9.18 Å². The number of rotatable bonds is 4. The lowest BCUT2D eigenvalue weighted by molar-refractivity contribution is -0.134. The number of H-pyrrole nitrogens is 1. The first-order valence-corrected chi connectivity index (χ1v) is 12.1. The van der Waals surface area contributed by atoms with E-state index in [9.17, 15) is 18.8 Å². The van der Waals surface area contributed by atoms with Crippen LogP contribution in [0.5, 0.6) is 5.75 Å². The molecule has 2 aromatic rings. The van der Waals surface area contributed by atoms with Gasteiger partial charge in [-0.2, -0.15) is 0 Å². The van der Waals surface area contributed by atoms with Crippen molar-refractivity contribution >= 4 is 35.2 Å². The Kier molecular flexibility index (Phi) is 6.08. The first kappa shape index (κ1) is 23.1. The van der Waals surface area contributed by atoms with Crippen LogP contribution >= 0.6 is 0 Å². The molecule has 35 heavy (non-hydrogen) atoms. The second-order valence-corrected chi connectivity index (χ2v) is 9.53. The standard InChI is InChI=1S/C26H29FN4O4/c1-14-22(13-19-18-12-16(27)8-9-21(18)29-24(19)32)28-15(2)23(14)35-26(34)30-20-7-5-6-17(20)25(33)31-10-3-4-11-31/h8-9,12-13,17,20,28H,3-7,10-11H2,1-2H3,(H,29,32)(H,30,34)/b19-13-/t17-,20+/m0/s1. The van der Waals surface area contributed by atoms with Crippen LogP contribution in [0.25, 0.3) is 11.6 Å². The van der Waals surface area contributed by atoms with Crippen LogP contribution in [-0.2, 0) is 9.59 Å². The smallest absolute Gasteiger partial charge is 0.408 e. The third-order valence-electron chi connectivity index (χ3n) is 7.21. The van der Waals surface area contributed by atoms with Crippen LogP contribution in [0.2, 0.25) is 0 Å². The molecule has 0 bridgehead atoms. The summed E-state index contributed by atoms with van der Waals surface area (Å²) in [7, 11) is 0. The quantitative estimate of drug-likeness (QED) is 0.572. The number of halogens is 1. The van der Waals surface area contributed by atoms with Crippen LogP contribution < -0.4 is 15.4 Å². The summed E-state index contributed by atoms with van der Waals surface area (Å²) in [5, 5.41) is 5.63. The maximum Gasteiger partial charge on any atom is 0.412 e. The minimum absolute atomic E-state index is 0.125. The Labute approximate surface area is 202 Å². The number of aromatic amines is 1. The average Bonchev–Trinajstić information content (AvgIpc) is 3.60. The molecule has 2 fully saturated rings. The number of amides is 3. The predicted octanol–water partition coefficient (Wildman–Crippen LogP) is 4.14. The van der Waals surface area contributed by atoms with Crippen LogP contribution in [0.3, 0.4) is 0 Å². The summed E-state index contributed by atoms with van der Waals surface area (Å²) in [6.07, 6.45) is 5.49. The fraction of sp³-hybridized carbons (Fsp3) is 0.423. The van der Waals surface area contributed by atoms with Crippen LogP contribution in [0.15, 0.2) is 18.2 Å². The maximum absolute atomic E-state index is 13.8. The number of fused-ring (bicyclic) bond motifs is 1. The molecule has 0 unspecified atom stereocenters. The van der Waals surface area contributed by atoms with Gasteiger partial charge in [0, 0.05) is 41.6 Å². The van der Waals surface area contributed by atoms with Crippen molar-refractivity contribution in [2.45, 2.75) is 52.0 Å². The Morgan fingerprint density at radius 2 is 1.94 bits per heavy atom. The molecule has 3 N–H and O–H groups in total. The highest BCUT2D eigenvalue weighted by molar-refractivity contribution is 6.34.